The van der Waals surface area contributed by atoms with Crippen LogP contribution in [0.5, 0.6) is 11.5 Å². The number of carbonyl (C=O) groups is 2. The summed E-state index contributed by atoms with van der Waals surface area (Å²) in [6.45, 7) is 5.49. The number of rotatable bonds is 9. The first-order valence-corrected chi connectivity index (χ1v) is 9.49. The molecule has 0 radical (unpaired) electrons. The summed E-state index contributed by atoms with van der Waals surface area (Å²) in [6.07, 6.45) is 2.92. The van der Waals surface area contributed by atoms with Crippen molar-refractivity contribution in [2.24, 2.45) is 0 Å². The summed E-state index contributed by atoms with van der Waals surface area (Å²) in [5.74, 6) is 0.0183. The maximum absolute atomic E-state index is 12.7. The Morgan fingerprint density at radius 1 is 1.10 bits per heavy atom. The number of esters is 1. The Bertz CT molecular complexity index is 848. The molecule has 0 aliphatic heterocycles. The average molecular weight is 397 g/mol. The van der Waals surface area contributed by atoms with Gasteiger partial charge in [0.15, 0.2) is 24.2 Å². The number of hydrogen-bond acceptors (Lipinski definition) is 5. The zero-order chi connectivity index (χ0) is 21.2. The Hall–Kier alpha value is -3.28. The fourth-order valence-corrected chi connectivity index (χ4v) is 2.81. The summed E-state index contributed by atoms with van der Waals surface area (Å²) < 4.78 is 16.1. The van der Waals surface area contributed by atoms with Gasteiger partial charge in [-0.15, -0.1) is 0 Å². The quantitative estimate of drug-likeness (QED) is 0.596. The molecule has 0 fully saturated rings. The molecule has 154 valence electrons. The molecule has 0 saturated heterocycles. The first-order chi connectivity index (χ1) is 14.0. The number of para-hydroxylation sites is 1. The Balaban J connectivity index is 1.95. The van der Waals surface area contributed by atoms with Gasteiger partial charge in [-0.25, -0.2) is 4.79 Å². The van der Waals surface area contributed by atoms with E-state index in [0.29, 0.717) is 18.0 Å². The van der Waals surface area contributed by atoms with Crippen LogP contribution in [0.3, 0.4) is 0 Å². The van der Waals surface area contributed by atoms with Crippen LogP contribution in [0.4, 0.5) is 5.69 Å². The number of hydrogen-bond donors (Lipinski definition) is 0. The zero-order valence-electron chi connectivity index (χ0n) is 17.3. The molecule has 0 aromatic heterocycles. The minimum atomic E-state index is -0.926. The van der Waals surface area contributed by atoms with Crippen molar-refractivity contribution >= 4 is 23.6 Å². The van der Waals surface area contributed by atoms with Crippen molar-refractivity contribution in [3.8, 4) is 11.5 Å². The lowest BCUT2D eigenvalue weighted by molar-refractivity contribution is -0.155. The number of anilines is 1. The monoisotopic (exact) mass is 397 g/mol. The molecule has 0 aliphatic carbocycles. The van der Waals surface area contributed by atoms with Gasteiger partial charge in [0.2, 0.25) is 0 Å². The van der Waals surface area contributed by atoms with Gasteiger partial charge in [0, 0.05) is 12.2 Å². The van der Waals surface area contributed by atoms with Crippen LogP contribution in [0, 0.1) is 0 Å². The number of nitrogens with zero attached hydrogens (tertiary/aromatic N) is 1. The lowest BCUT2D eigenvalue weighted by atomic mass is 10.2. The van der Waals surface area contributed by atoms with Gasteiger partial charge in [0.1, 0.15) is 0 Å². The third-order valence-electron chi connectivity index (χ3n) is 4.20. The highest BCUT2D eigenvalue weighted by atomic mass is 16.6. The minimum absolute atomic E-state index is 0.291. The highest BCUT2D eigenvalue weighted by molar-refractivity contribution is 5.97. The van der Waals surface area contributed by atoms with Gasteiger partial charge in [-0.2, -0.15) is 0 Å². The molecule has 6 nitrogen and oxygen atoms in total. The topological polar surface area (TPSA) is 65.1 Å². The van der Waals surface area contributed by atoms with E-state index in [1.165, 1.54) is 7.11 Å². The molecule has 0 bridgehead atoms. The van der Waals surface area contributed by atoms with E-state index in [1.807, 2.05) is 68.5 Å². The molecule has 0 unspecified atom stereocenters. The Labute approximate surface area is 171 Å². The molecule has 29 heavy (non-hydrogen) atoms. The molecule has 0 N–H and O–H groups in total. The second kappa shape index (κ2) is 10.9. The molecule has 0 heterocycles. The number of benzene rings is 2. The van der Waals surface area contributed by atoms with Gasteiger partial charge in [-0.3, -0.25) is 4.79 Å². The summed E-state index contributed by atoms with van der Waals surface area (Å²) in [6, 6.07) is 14.6. The largest absolute Gasteiger partial charge is 0.493 e. The molecular formula is C23H27NO5. The fraction of sp³-hybridized carbons (Fsp3) is 0.304. The summed E-state index contributed by atoms with van der Waals surface area (Å²) in [7, 11) is 1.53. The normalized spacial score (nSPS) is 11.7. The molecule has 2 aromatic rings. The molecule has 0 saturated carbocycles. The Morgan fingerprint density at radius 2 is 1.83 bits per heavy atom. The first-order valence-electron chi connectivity index (χ1n) is 9.49. The van der Waals surface area contributed by atoms with E-state index in [0.717, 1.165) is 11.3 Å². The third-order valence-corrected chi connectivity index (χ3v) is 4.20. The van der Waals surface area contributed by atoms with E-state index >= 15 is 0 Å². The number of likely N-dealkylation sites (N-methyl/N-ethyl adjacent to an activating group) is 1. The maximum Gasteiger partial charge on any atom is 0.344 e. The van der Waals surface area contributed by atoms with E-state index in [4.69, 9.17) is 14.2 Å². The summed E-state index contributed by atoms with van der Waals surface area (Å²) in [4.78, 5) is 26.4. The molecule has 0 aliphatic rings. The second-order valence-electron chi connectivity index (χ2n) is 6.25. The summed E-state index contributed by atoms with van der Waals surface area (Å²) in [5.41, 5.74) is 1.71. The Kier molecular flexibility index (Phi) is 8.27. The van der Waals surface area contributed by atoms with E-state index in [2.05, 4.69) is 0 Å². The third kappa shape index (κ3) is 6.10. The van der Waals surface area contributed by atoms with Crippen LogP contribution in [0.25, 0.3) is 6.08 Å². The Morgan fingerprint density at radius 3 is 2.45 bits per heavy atom. The van der Waals surface area contributed by atoms with Gasteiger partial charge in [-0.1, -0.05) is 36.4 Å². The summed E-state index contributed by atoms with van der Waals surface area (Å²) in [5, 5.41) is 0. The smallest absolute Gasteiger partial charge is 0.344 e. The van der Waals surface area contributed by atoms with Crippen LogP contribution < -0.4 is 14.4 Å². The van der Waals surface area contributed by atoms with E-state index in [9.17, 15) is 9.59 Å². The van der Waals surface area contributed by atoms with Crippen molar-refractivity contribution in [2.45, 2.75) is 26.9 Å². The van der Waals surface area contributed by atoms with E-state index < -0.39 is 12.1 Å². The van der Waals surface area contributed by atoms with Crippen molar-refractivity contribution in [3.63, 3.8) is 0 Å². The summed E-state index contributed by atoms with van der Waals surface area (Å²) >= 11 is 0. The van der Waals surface area contributed by atoms with Gasteiger partial charge in [0.05, 0.1) is 7.11 Å². The van der Waals surface area contributed by atoms with Crippen LogP contribution in [0.1, 0.15) is 26.3 Å². The van der Waals surface area contributed by atoms with Gasteiger partial charge < -0.3 is 19.1 Å². The number of methoxy groups -OCH3 is 1. The highest BCUT2D eigenvalue weighted by Crippen LogP contribution is 2.28. The fourth-order valence-electron chi connectivity index (χ4n) is 2.81. The molecule has 1 atom stereocenters. The SMILES string of the molecule is C/C=C/c1ccc(OCC(=O)O[C@@H](C)C(=O)N(CC)c2ccccc2)c(OC)c1. The molecule has 0 spiro atoms. The van der Waals surface area contributed by atoms with Gasteiger partial charge in [-0.05, 0) is 50.6 Å². The van der Waals surface area contributed by atoms with Crippen molar-refractivity contribution in [3.05, 3.63) is 60.2 Å². The van der Waals surface area contributed by atoms with Gasteiger partial charge >= 0.3 is 5.97 Å². The standard InChI is InChI=1S/C23H27NO5/c1-5-10-18-13-14-20(21(15-18)27-4)28-16-22(25)29-17(3)23(26)24(6-2)19-11-8-7-9-12-19/h5,7-15,17H,6,16H2,1-4H3/b10-5+/t17-/m0/s1. The van der Waals surface area contributed by atoms with Crippen LogP contribution in [-0.2, 0) is 14.3 Å². The number of amides is 1. The van der Waals surface area contributed by atoms with E-state index in [-0.39, 0.29) is 12.5 Å². The molecule has 6 heteroatoms. The number of allylic oxidation sites excluding steroid dienone is 1. The number of carbonyl (C=O) groups excluding carboxylic acids is 2. The van der Waals surface area contributed by atoms with Crippen molar-refractivity contribution in [1.82, 2.24) is 0 Å². The van der Waals surface area contributed by atoms with Crippen LogP contribution in [0.15, 0.2) is 54.6 Å². The van der Waals surface area contributed by atoms with Crippen LogP contribution in [-0.4, -0.2) is 38.2 Å². The average Bonchev–Trinajstić information content (AvgIpc) is 2.74. The molecule has 1 amide bonds. The molecule has 2 rings (SSSR count). The predicted molar refractivity (Wildman–Crippen MR) is 113 cm³/mol. The lowest BCUT2D eigenvalue weighted by Crippen LogP contribution is -2.40. The minimum Gasteiger partial charge on any atom is -0.493 e. The van der Waals surface area contributed by atoms with Crippen molar-refractivity contribution in [2.75, 3.05) is 25.2 Å². The molecule has 2 aromatic carbocycles. The first kappa shape index (κ1) is 22.0. The van der Waals surface area contributed by atoms with Crippen LogP contribution >= 0.6 is 0 Å². The predicted octanol–water partition coefficient (Wildman–Crippen LogP) is 4.09. The second-order valence-corrected chi connectivity index (χ2v) is 6.25. The molecular weight excluding hydrogens is 370 g/mol. The van der Waals surface area contributed by atoms with Crippen molar-refractivity contribution in [1.29, 1.82) is 0 Å². The highest BCUT2D eigenvalue weighted by Gasteiger charge is 2.24. The van der Waals surface area contributed by atoms with Crippen LogP contribution in [0.2, 0.25) is 0 Å². The lowest BCUT2D eigenvalue weighted by Gasteiger charge is -2.24. The van der Waals surface area contributed by atoms with E-state index in [1.54, 1.807) is 17.9 Å². The maximum atomic E-state index is 12.7. The van der Waals surface area contributed by atoms with Crippen molar-refractivity contribution < 1.29 is 23.8 Å². The van der Waals surface area contributed by atoms with Gasteiger partial charge in [0.25, 0.3) is 5.91 Å². The number of ether oxygens (including phenoxy) is 3. The zero-order valence-corrected chi connectivity index (χ0v) is 17.3.